The number of carbonyl (C=O) groups is 1. The highest BCUT2D eigenvalue weighted by Gasteiger charge is 2.07. The zero-order valence-corrected chi connectivity index (χ0v) is 11.6. The molecule has 0 heterocycles. The van der Waals surface area contributed by atoms with E-state index in [0.29, 0.717) is 0 Å². The Morgan fingerprint density at radius 2 is 2.00 bits per heavy atom. The minimum atomic E-state index is -0.230. The topological polar surface area (TPSA) is 26.3 Å². The van der Waals surface area contributed by atoms with Crippen LogP contribution in [-0.4, -0.2) is 16.2 Å². The van der Waals surface area contributed by atoms with Crippen molar-refractivity contribution in [3.8, 4) is 0 Å². The summed E-state index contributed by atoms with van der Waals surface area (Å²) in [5, 5.41) is 0. The van der Waals surface area contributed by atoms with Crippen LogP contribution in [0.3, 0.4) is 0 Å². The van der Waals surface area contributed by atoms with Crippen LogP contribution in [0.2, 0.25) is 6.04 Å². The first-order valence-electron chi connectivity index (χ1n) is 5.39. The van der Waals surface area contributed by atoms with Gasteiger partial charge >= 0.3 is 5.97 Å². The van der Waals surface area contributed by atoms with E-state index in [-0.39, 0.29) is 12.1 Å². The summed E-state index contributed by atoms with van der Waals surface area (Å²) in [6.45, 7) is 3.33. The van der Waals surface area contributed by atoms with Crippen molar-refractivity contribution in [2.75, 3.05) is 0 Å². The summed E-state index contributed by atoms with van der Waals surface area (Å²) >= 11 is 0. The highest BCUT2D eigenvalue weighted by Crippen LogP contribution is 2.17. The Morgan fingerprint density at radius 1 is 1.40 bits per heavy atom. The Morgan fingerprint density at radius 3 is 2.47 bits per heavy atom. The van der Waals surface area contributed by atoms with E-state index in [4.69, 9.17) is 4.74 Å². The van der Waals surface area contributed by atoms with Crippen LogP contribution >= 0.6 is 0 Å². The van der Waals surface area contributed by atoms with Crippen molar-refractivity contribution in [1.82, 2.24) is 0 Å². The van der Waals surface area contributed by atoms with Gasteiger partial charge < -0.3 is 4.74 Å². The summed E-state index contributed by atoms with van der Waals surface area (Å²) in [6.07, 6.45) is 1.02. The minimum Gasteiger partial charge on any atom is -0.458 e. The zero-order chi connectivity index (χ0) is 11.3. The van der Waals surface area contributed by atoms with Crippen LogP contribution in [0.4, 0.5) is 0 Å². The molecule has 0 fully saturated rings. The predicted octanol–water partition coefficient (Wildman–Crippen LogP) is 1.64. The molecule has 15 heavy (non-hydrogen) atoms. The number of hydrogen-bond acceptors (Lipinski definition) is 2. The van der Waals surface area contributed by atoms with Crippen molar-refractivity contribution >= 4 is 16.2 Å². The summed E-state index contributed by atoms with van der Waals surface area (Å²) in [5.41, 5.74) is 2.42. The van der Waals surface area contributed by atoms with Crippen LogP contribution in [0.15, 0.2) is 24.3 Å². The van der Waals surface area contributed by atoms with Crippen LogP contribution in [0, 0.1) is 0 Å². The number of aryl methyl sites for hydroxylation is 1. The molecule has 0 N–H and O–H groups in total. The fourth-order valence-corrected chi connectivity index (χ4v) is 2.14. The molecule has 0 aromatic heterocycles. The van der Waals surface area contributed by atoms with Gasteiger partial charge in [0.25, 0.3) is 0 Å². The molecule has 3 heteroatoms. The third-order valence-electron chi connectivity index (χ3n) is 2.33. The molecule has 0 aliphatic heterocycles. The molecular weight excluding hydrogens is 204 g/mol. The van der Waals surface area contributed by atoms with Gasteiger partial charge in [-0.05, 0) is 24.5 Å². The lowest BCUT2D eigenvalue weighted by Crippen LogP contribution is -2.04. The fourth-order valence-electron chi connectivity index (χ4n) is 1.56. The van der Waals surface area contributed by atoms with Gasteiger partial charge in [0.2, 0.25) is 0 Å². The lowest BCUT2D eigenvalue weighted by Gasteiger charge is -2.12. The summed E-state index contributed by atoms with van der Waals surface area (Å²) in [4.78, 5) is 10.8. The lowest BCUT2D eigenvalue weighted by molar-refractivity contribution is -0.145. The van der Waals surface area contributed by atoms with Crippen molar-refractivity contribution in [2.45, 2.75) is 32.4 Å². The van der Waals surface area contributed by atoms with Gasteiger partial charge in [0.15, 0.2) is 0 Å². The molecule has 82 valence electrons. The Bertz CT molecular complexity index is 319. The fraction of sp³-hybridized carbons (Fsp3) is 0.417. The van der Waals surface area contributed by atoms with Crippen molar-refractivity contribution in [2.24, 2.45) is 0 Å². The van der Waals surface area contributed by atoms with Crippen LogP contribution in [0.25, 0.3) is 0 Å². The molecule has 0 bridgehead atoms. The quantitative estimate of drug-likeness (QED) is 0.572. The average Bonchev–Trinajstić information content (AvgIpc) is 2.18. The van der Waals surface area contributed by atoms with Gasteiger partial charge in [-0.3, -0.25) is 4.79 Å². The molecule has 0 radical (unpaired) electrons. The SMILES string of the molecule is CC(=O)OC(C)c1ccc(CC[SiH3])cc1. The summed E-state index contributed by atoms with van der Waals surface area (Å²) in [6, 6.07) is 9.61. The Balaban J connectivity index is 2.66. The molecule has 1 atom stereocenters. The van der Waals surface area contributed by atoms with Gasteiger partial charge in [-0.25, -0.2) is 0 Å². The van der Waals surface area contributed by atoms with Crippen LogP contribution in [0.1, 0.15) is 31.1 Å². The lowest BCUT2D eigenvalue weighted by atomic mass is 10.1. The largest absolute Gasteiger partial charge is 0.458 e. The number of carbonyl (C=O) groups excluding carboxylic acids is 1. The van der Waals surface area contributed by atoms with Crippen LogP contribution in [-0.2, 0) is 16.0 Å². The third-order valence-corrected chi connectivity index (χ3v) is 2.83. The monoisotopic (exact) mass is 222 g/mol. The first-order valence-corrected chi connectivity index (χ1v) is 6.81. The summed E-state index contributed by atoms with van der Waals surface area (Å²) < 4.78 is 5.10. The average molecular weight is 222 g/mol. The molecule has 2 nitrogen and oxygen atoms in total. The van der Waals surface area contributed by atoms with E-state index in [1.807, 2.05) is 19.1 Å². The minimum absolute atomic E-state index is 0.146. The van der Waals surface area contributed by atoms with Crippen LogP contribution < -0.4 is 0 Å². The molecule has 1 aromatic carbocycles. The Kier molecular flexibility index (Phi) is 4.56. The van der Waals surface area contributed by atoms with Gasteiger partial charge in [0.05, 0.1) is 0 Å². The highest BCUT2D eigenvalue weighted by molar-refractivity contribution is 6.08. The molecule has 1 rings (SSSR count). The molecule has 0 saturated heterocycles. The molecular formula is C12H18O2Si. The summed E-state index contributed by atoms with van der Waals surface area (Å²) in [5.74, 6) is -0.230. The first kappa shape index (κ1) is 12.0. The molecule has 0 amide bonds. The molecule has 0 aliphatic carbocycles. The standard InChI is InChI=1S/C12H18O2Si/c1-9(14-10(2)13)12-5-3-11(4-6-12)7-8-15/h3-6,9H,7-8H2,1-2,15H3. The van der Waals surface area contributed by atoms with Crippen molar-refractivity contribution < 1.29 is 9.53 Å². The molecule has 0 aliphatic rings. The second-order valence-corrected chi connectivity index (χ2v) is 4.74. The van der Waals surface area contributed by atoms with Crippen molar-refractivity contribution in [1.29, 1.82) is 0 Å². The zero-order valence-electron chi connectivity index (χ0n) is 9.62. The van der Waals surface area contributed by atoms with Crippen LogP contribution in [0.5, 0.6) is 0 Å². The van der Waals surface area contributed by atoms with Gasteiger partial charge in [0.1, 0.15) is 6.10 Å². The van der Waals surface area contributed by atoms with E-state index in [1.54, 1.807) is 0 Å². The normalized spacial score (nSPS) is 12.4. The summed E-state index contributed by atoms with van der Waals surface area (Å²) in [7, 11) is 1.25. The van der Waals surface area contributed by atoms with E-state index >= 15 is 0 Å². The van der Waals surface area contributed by atoms with E-state index in [1.165, 1.54) is 28.8 Å². The van der Waals surface area contributed by atoms with Crippen molar-refractivity contribution in [3.63, 3.8) is 0 Å². The van der Waals surface area contributed by atoms with E-state index in [0.717, 1.165) is 12.0 Å². The van der Waals surface area contributed by atoms with Crippen molar-refractivity contribution in [3.05, 3.63) is 35.4 Å². The van der Waals surface area contributed by atoms with E-state index in [9.17, 15) is 4.79 Å². The van der Waals surface area contributed by atoms with Gasteiger partial charge in [0, 0.05) is 17.2 Å². The number of ether oxygens (including phenoxy) is 1. The predicted molar refractivity (Wildman–Crippen MR) is 65.1 cm³/mol. The molecule has 1 unspecified atom stereocenters. The van der Waals surface area contributed by atoms with E-state index < -0.39 is 0 Å². The molecule has 0 saturated carbocycles. The number of esters is 1. The molecule has 0 spiro atoms. The maximum atomic E-state index is 10.8. The number of hydrogen-bond donors (Lipinski definition) is 0. The maximum Gasteiger partial charge on any atom is 0.303 e. The second-order valence-electron chi connectivity index (χ2n) is 3.74. The third kappa shape index (κ3) is 3.87. The van der Waals surface area contributed by atoms with Gasteiger partial charge in [-0.1, -0.05) is 30.3 Å². The Hall–Kier alpha value is -1.09. The maximum absolute atomic E-state index is 10.8. The van der Waals surface area contributed by atoms with Gasteiger partial charge in [-0.15, -0.1) is 0 Å². The highest BCUT2D eigenvalue weighted by atomic mass is 28.1. The second kappa shape index (κ2) is 5.71. The Labute approximate surface area is 94.1 Å². The number of rotatable bonds is 4. The van der Waals surface area contributed by atoms with Gasteiger partial charge in [-0.2, -0.15) is 0 Å². The number of benzene rings is 1. The first-order chi connectivity index (χ1) is 7.13. The van der Waals surface area contributed by atoms with E-state index in [2.05, 4.69) is 12.1 Å². The molecule has 1 aromatic rings. The smallest absolute Gasteiger partial charge is 0.303 e.